The van der Waals surface area contributed by atoms with Crippen LogP contribution in [0.1, 0.15) is 33.6 Å². The minimum absolute atomic E-state index is 0.344. The number of piperidine rings is 1. The first-order chi connectivity index (χ1) is 6.94. The van der Waals surface area contributed by atoms with Crippen molar-refractivity contribution in [1.29, 1.82) is 0 Å². The maximum atomic E-state index is 9.88. The molecule has 1 fully saturated rings. The molecule has 0 bridgehead atoms. The lowest BCUT2D eigenvalue weighted by Gasteiger charge is -2.37. The van der Waals surface area contributed by atoms with Gasteiger partial charge in [0.15, 0.2) is 0 Å². The number of likely N-dealkylation sites (tertiary alicyclic amines) is 1. The third kappa shape index (κ3) is 4.09. The SMILES string of the molecule is CC(C)C1CCN(CC(C)(O)CN)CC1. The Morgan fingerprint density at radius 1 is 1.40 bits per heavy atom. The highest BCUT2D eigenvalue weighted by molar-refractivity contribution is 4.82. The molecule has 0 saturated carbocycles. The molecule has 1 unspecified atom stereocenters. The predicted octanol–water partition coefficient (Wildman–Crippen LogP) is 1.06. The molecule has 0 spiro atoms. The van der Waals surface area contributed by atoms with Gasteiger partial charge in [0.1, 0.15) is 0 Å². The Morgan fingerprint density at radius 2 is 1.93 bits per heavy atom. The van der Waals surface area contributed by atoms with Crippen molar-refractivity contribution in [3.05, 3.63) is 0 Å². The largest absolute Gasteiger partial charge is 0.388 e. The molecule has 0 aromatic carbocycles. The summed E-state index contributed by atoms with van der Waals surface area (Å²) in [5.41, 5.74) is 4.80. The lowest BCUT2D eigenvalue weighted by Crippen LogP contribution is -2.48. The summed E-state index contributed by atoms with van der Waals surface area (Å²) in [6.45, 7) is 9.71. The molecule has 1 heterocycles. The Kier molecular flexibility index (Phi) is 4.56. The maximum Gasteiger partial charge on any atom is 0.0867 e. The van der Waals surface area contributed by atoms with E-state index < -0.39 is 5.60 Å². The van der Waals surface area contributed by atoms with E-state index in [1.165, 1.54) is 12.8 Å². The molecule has 3 nitrogen and oxygen atoms in total. The monoisotopic (exact) mass is 214 g/mol. The summed E-state index contributed by atoms with van der Waals surface area (Å²) < 4.78 is 0. The molecule has 3 N–H and O–H groups in total. The van der Waals surface area contributed by atoms with Crippen LogP contribution in [0.3, 0.4) is 0 Å². The van der Waals surface area contributed by atoms with Crippen LogP contribution in [0, 0.1) is 11.8 Å². The van der Waals surface area contributed by atoms with E-state index in [2.05, 4.69) is 18.7 Å². The molecule has 0 aromatic heterocycles. The summed E-state index contributed by atoms with van der Waals surface area (Å²) in [6.07, 6.45) is 2.52. The van der Waals surface area contributed by atoms with Gasteiger partial charge in [-0.2, -0.15) is 0 Å². The van der Waals surface area contributed by atoms with E-state index in [1.807, 2.05) is 6.92 Å². The number of aliphatic hydroxyl groups is 1. The number of β-amino-alcohol motifs (C(OH)–C–C–N with tert-alkyl or cyclic N) is 1. The zero-order valence-corrected chi connectivity index (χ0v) is 10.4. The molecular formula is C12H26N2O. The fraction of sp³-hybridized carbons (Fsp3) is 1.00. The predicted molar refractivity (Wildman–Crippen MR) is 63.7 cm³/mol. The topological polar surface area (TPSA) is 49.5 Å². The highest BCUT2D eigenvalue weighted by Gasteiger charge is 2.26. The van der Waals surface area contributed by atoms with Crippen molar-refractivity contribution < 1.29 is 5.11 Å². The first-order valence-electron chi connectivity index (χ1n) is 6.09. The molecule has 0 amide bonds. The quantitative estimate of drug-likeness (QED) is 0.736. The Labute approximate surface area is 93.6 Å². The van der Waals surface area contributed by atoms with Crippen LogP contribution in [0.5, 0.6) is 0 Å². The molecule has 1 aliphatic heterocycles. The molecule has 1 saturated heterocycles. The average molecular weight is 214 g/mol. The number of hydrogen-bond acceptors (Lipinski definition) is 3. The van der Waals surface area contributed by atoms with Crippen molar-refractivity contribution in [2.45, 2.75) is 39.2 Å². The van der Waals surface area contributed by atoms with E-state index in [4.69, 9.17) is 5.73 Å². The molecule has 1 atom stereocenters. The number of hydrogen-bond donors (Lipinski definition) is 2. The van der Waals surface area contributed by atoms with Gasteiger partial charge in [-0.15, -0.1) is 0 Å². The number of nitrogens with two attached hydrogens (primary N) is 1. The van der Waals surface area contributed by atoms with Crippen molar-refractivity contribution in [3.8, 4) is 0 Å². The van der Waals surface area contributed by atoms with Gasteiger partial charge in [-0.05, 0) is 44.7 Å². The molecular weight excluding hydrogens is 188 g/mol. The summed E-state index contributed by atoms with van der Waals surface area (Å²) in [5.74, 6) is 1.66. The van der Waals surface area contributed by atoms with Crippen LogP contribution >= 0.6 is 0 Å². The zero-order chi connectivity index (χ0) is 11.5. The van der Waals surface area contributed by atoms with Gasteiger partial charge in [-0.1, -0.05) is 13.8 Å². The van der Waals surface area contributed by atoms with Crippen molar-refractivity contribution in [2.75, 3.05) is 26.2 Å². The number of nitrogens with zero attached hydrogens (tertiary/aromatic N) is 1. The van der Waals surface area contributed by atoms with Crippen LogP contribution in [-0.2, 0) is 0 Å². The first kappa shape index (κ1) is 12.9. The second kappa shape index (κ2) is 5.28. The van der Waals surface area contributed by atoms with Crippen LogP contribution in [0.4, 0.5) is 0 Å². The summed E-state index contributed by atoms with van der Waals surface area (Å²) in [4.78, 5) is 2.34. The summed E-state index contributed by atoms with van der Waals surface area (Å²) in [7, 11) is 0. The van der Waals surface area contributed by atoms with Gasteiger partial charge in [0.05, 0.1) is 5.60 Å². The molecule has 0 aliphatic carbocycles. The lowest BCUT2D eigenvalue weighted by atomic mass is 9.86. The Balaban J connectivity index is 2.32. The summed E-state index contributed by atoms with van der Waals surface area (Å²) in [5, 5.41) is 9.88. The normalized spacial score (nSPS) is 24.4. The summed E-state index contributed by atoms with van der Waals surface area (Å²) in [6, 6.07) is 0. The van der Waals surface area contributed by atoms with Crippen LogP contribution in [0.2, 0.25) is 0 Å². The van der Waals surface area contributed by atoms with E-state index >= 15 is 0 Å². The molecule has 1 rings (SSSR count). The van der Waals surface area contributed by atoms with Crippen LogP contribution in [0.25, 0.3) is 0 Å². The minimum atomic E-state index is -0.718. The van der Waals surface area contributed by atoms with Crippen molar-refractivity contribution in [3.63, 3.8) is 0 Å². The van der Waals surface area contributed by atoms with Crippen LogP contribution in [0.15, 0.2) is 0 Å². The Morgan fingerprint density at radius 3 is 2.33 bits per heavy atom. The average Bonchev–Trinajstić information content (AvgIpc) is 2.18. The first-order valence-corrected chi connectivity index (χ1v) is 6.09. The van der Waals surface area contributed by atoms with Gasteiger partial charge in [0.2, 0.25) is 0 Å². The van der Waals surface area contributed by atoms with Gasteiger partial charge in [-0.3, -0.25) is 0 Å². The van der Waals surface area contributed by atoms with Crippen molar-refractivity contribution in [2.24, 2.45) is 17.6 Å². The van der Waals surface area contributed by atoms with Gasteiger partial charge in [0, 0.05) is 13.1 Å². The van der Waals surface area contributed by atoms with Crippen LogP contribution < -0.4 is 5.73 Å². The molecule has 90 valence electrons. The highest BCUT2D eigenvalue weighted by atomic mass is 16.3. The Bertz CT molecular complexity index is 184. The van der Waals surface area contributed by atoms with E-state index in [9.17, 15) is 5.11 Å². The number of rotatable bonds is 4. The van der Waals surface area contributed by atoms with Gasteiger partial charge >= 0.3 is 0 Å². The Hall–Kier alpha value is -0.120. The second-order valence-corrected chi connectivity index (χ2v) is 5.56. The van der Waals surface area contributed by atoms with Gasteiger partial charge < -0.3 is 15.7 Å². The maximum absolute atomic E-state index is 9.88. The third-order valence-corrected chi connectivity index (χ3v) is 3.58. The van der Waals surface area contributed by atoms with E-state index in [1.54, 1.807) is 0 Å². The van der Waals surface area contributed by atoms with Crippen molar-refractivity contribution >= 4 is 0 Å². The standard InChI is InChI=1S/C12H26N2O/c1-10(2)11-4-6-14(7-5-11)9-12(3,15)8-13/h10-11,15H,4-9,13H2,1-3H3. The van der Waals surface area contributed by atoms with E-state index in [-0.39, 0.29) is 0 Å². The van der Waals surface area contributed by atoms with E-state index in [0.29, 0.717) is 13.1 Å². The highest BCUT2D eigenvalue weighted by Crippen LogP contribution is 2.24. The lowest BCUT2D eigenvalue weighted by molar-refractivity contribution is 0.0139. The molecule has 0 radical (unpaired) electrons. The smallest absolute Gasteiger partial charge is 0.0867 e. The molecule has 3 heteroatoms. The fourth-order valence-corrected chi connectivity index (χ4v) is 2.32. The third-order valence-electron chi connectivity index (χ3n) is 3.58. The molecule has 0 aromatic rings. The second-order valence-electron chi connectivity index (χ2n) is 5.56. The van der Waals surface area contributed by atoms with Gasteiger partial charge in [0.25, 0.3) is 0 Å². The van der Waals surface area contributed by atoms with Crippen molar-refractivity contribution in [1.82, 2.24) is 4.90 Å². The molecule has 1 aliphatic rings. The minimum Gasteiger partial charge on any atom is -0.388 e. The van der Waals surface area contributed by atoms with Crippen LogP contribution in [-0.4, -0.2) is 41.8 Å². The molecule has 15 heavy (non-hydrogen) atoms. The zero-order valence-electron chi connectivity index (χ0n) is 10.4. The fourth-order valence-electron chi connectivity index (χ4n) is 2.32. The van der Waals surface area contributed by atoms with E-state index in [0.717, 1.165) is 24.9 Å². The van der Waals surface area contributed by atoms with Gasteiger partial charge in [-0.25, -0.2) is 0 Å². The summed E-state index contributed by atoms with van der Waals surface area (Å²) >= 11 is 0.